The molecule has 1 amide bonds. The Morgan fingerprint density at radius 3 is 2.38 bits per heavy atom. The van der Waals surface area contributed by atoms with Gasteiger partial charge in [0.05, 0.1) is 24.3 Å². The standard InChI is InChI=1S/C10H8F2N2O2/c11-6-2-8(13)9(3-7(6)12)14-4-5(15)1-10(14)16/h2-3H,1,4,13H2. The molecule has 16 heavy (non-hydrogen) atoms. The maximum atomic E-state index is 13.0. The Bertz CT molecular complexity index is 488. The number of carbonyl (C=O) groups excluding carboxylic acids is 2. The number of halogens is 2. The van der Waals surface area contributed by atoms with Gasteiger partial charge in [-0.3, -0.25) is 9.59 Å². The molecule has 0 aliphatic carbocycles. The highest BCUT2D eigenvalue weighted by Crippen LogP contribution is 2.28. The van der Waals surface area contributed by atoms with Gasteiger partial charge in [0.15, 0.2) is 17.4 Å². The van der Waals surface area contributed by atoms with Crippen LogP contribution in [0.25, 0.3) is 0 Å². The first-order valence-electron chi connectivity index (χ1n) is 4.55. The summed E-state index contributed by atoms with van der Waals surface area (Å²) in [6, 6.07) is 1.61. The van der Waals surface area contributed by atoms with E-state index in [1.165, 1.54) is 0 Å². The van der Waals surface area contributed by atoms with Crippen molar-refractivity contribution in [1.82, 2.24) is 0 Å². The van der Waals surface area contributed by atoms with Crippen molar-refractivity contribution in [3.63, 3.8) is 0 Å². The number of ketones is 1. The predicted molar refractivity (Wildman–Crippen MR) is 52.7 cm³/mol. The van der Waals surface area contributed by atoms with Crippen molar-refractivity contribution in [2.24, 2.45) is 0 Å². The van der Waals surface area contributed by atoms with Crippen LogP contribution in [-0.4, -0.2) is 18.2 Å². The number of amides is 1. The molecule has 84 valence electrons. The summed E-state index contributed by atoms with van der Waals surface area (Å²) in [6.07, 6.45) is -0.224. The van der Waals surface area contributed by atoms with Crippen molar-refractivity contribution in [3.05, 3.63) is 23.8 Å². The summed E-state index contributed by atoms with van der Waals surface area (Å²) in [5.41, 5.74) is 5.44. The Balaban J connectivity index is 2.45. The SMILES string of the molecule is Nc1cc(F)c(F)cc1N1CC(=O)CC1=O. The van der Waals surface area contributed by atoms with Crippen LogP contribution in [0.15, 0.2) is 12.1 Å². The van der Waals surface area contributed by atoms with Crippen molar-refractivity contribution in [1.29, 1.82) is 0 Å². The fraction of sp³-hybridized carbons (Fsp3) is 0.200. The molecule has 0 saturated carbocycles. The van der Waals surface area contributed by atoms with Crippen molar-refractivity contribution < 1.29 is 18.4 Å². The van der Waals surface area contributed by atoms with Crippen LogP contribution in [0.5, 0.6) is 0 Å². The molecule has 1 saturated heterocycles. The van der Waals surface area contributed by atoms with Gasteiger partial charge in [-0.05, 0) is 0 Å². The quantitative estimate of drug-likeness (QED) is 0.570. The van der Waals surface area contributed by atoms with Gasteiger partial charge in [-0.25, -0.2) is 8.78 Å². The second kappa shape index (κ2) is 3.55. The van der Waals surface area contributed by atoms with E-state index in [0.717, 1.165) is 17.0 Å². The van der Waals surface area contributed by atoms with Crippen LogP contribution in [0, 0.1) is 11.6 Å². The maximum absolute atomic E-state index is 13.0. The molecule has 0 unspecified atom stereocenters. The number of anilines is 2. The van der Waals surface area contributed by atoms with Gasteiger partial charge in [-0.15, -0.1) is 0 Å². The zero-order chi connectivity index (χ0) is 11.9. The third-order valence-electron chi connectivity index (χ3n) is 2.34. The van der Waals surface area contributed by atoms with E-state index in [1.807, 2.05) is 0 Å². The van der Waals surface area contributed by atoms with Gasteiger partial charge in [-0.1, -0.05) is 0 Å². The first-order chi connectivity index (χ1) is 7.49. The predicted octanol–water partition coefficient (Wildman–Crippen LogP) is 0.853. The highest BCUT2D eigenvalue weighted by molar-refractivity contribution is 6.15. The number of benzene rings is 1. The summed E-state index contributed by atoms with van der Waals surface area (Å²) in [4.78, 5) is 23.5. The second-order valence-corrected chi connectivity index (χ2v) is 3.52. The van der Waals surface area contributed by atoms with E-state index in [4.69, 9.17) is 5.73 Å². The average molecular weight is 226 g/mol. The summed E-state index contributed by atoms with van der Waals surface area (Å²) in [6.45, 7) is -0.145. The van der Waals surface area contributed by atoms with Crippen LogP contribution in [0.2, 0.25) is 0 Å². The van der Waals surface area contributed by atoms with Crippen LogP contribution in [0.1, 0.15) is 6.42 Å². The summed E-state index contributed by atoms with van der Waals surface area (Å²) >= 11 is 0. The van der Waals surface area contributed by atoms with E-state index in [1.54, 1.807) is 0 Å². The zero-order valence-corrected chi connectivity index (χ0v) is 8.17. The van der Waals surface area contributed by atoms with E-state index in [9.17, 15) is 18.4 Å². The fourth-order valence-corrected chi connectivity index (χ4v) is 1.59. The lowest BCUT2D eigenvalue weighted by molar-refractivity contribution is -0.121. The van der Waals surface area contributed by atoms with Crippen LogP contribution in [0.3, 0.4) is 0 Å². The molecular weight excluding hydrogens is 218 g/mol. The van der Waals surface area contributed by atoms with Crippen LogP contribution in [0.4, 0.5) is 20.2 Å². The van der Waals surface area contributed by atoms with Gasteiger partial charge < -0.3 is 10.6 Å². The summed E-state index contributed by atoms with van der Waals surface area (Å²) in [5, 5.41) is 0. The van der Waals surface area contributed by atoms with Gasteiger partial charge in [0.25, 0.3) is 0 Å². The lowest BCUT2D eigenvalue weighted by Gasteiger charge is -2.17. The molecule has 1 fully saturated rings. The fourth-order valence-electron chi connectivity index (χ4n) is 1.59. The third kappa shape index (κ3) is 1.62. The third-order valence-corrected chi connectivity index (χ3v) is 2.34. The number of rotatable bonds is 1. The number of hydrogen-bond donors (Lipinski definition) is 1. The lowest BCUT2D eigenvalue weighted by atomic mass is 10.2. The van der Waals surface area contributed by atoms with Crippen molar-refractivity contribution in [3.8, 4) is 0 Å². The number of nitrogens with zero attached hydrogens (tertiary/aromatic N) is 1. The molecule has 1 aliphatic heterocycles. The van der Waals surface area contributed by atoms with Gasteiger partial charge in [0, 0.05) is 12.1 Å². The van der Waals surface area contributed by atoms with Gasteiger partial charge in [0.2, 0.25) is 5.91 Å². The van der Waals surface area contributed by atoms with Crippen LogP contribution >= 0.6 is 0 Å². The van der Waals surface area contributed by atoms with E-state index in [2.05, 4.69) is 0 Å². The first-order valence-corrected chi connectivity index (χ1v) is 4.55. The molecule has 4 nitrogen and oxygen atoms in total. The van der Waals surface area contributed by atoms with E-state index >= 15 is 0 Å². The molecule has 0 spiro atoms. The Labute approximate surface area is 89.6 Å². The minimum absolute atomic E-state index is 0.0368. The number of Topliss-reactive ketones (excluding diaryl/α,β-unsaturated/α-hetero) is 1. The number of nitrogen functional groups attached to an aromatic ring is 1. The zero-order valence-electron chi connectivity index (χ0n) is 8.17. The monoisotopic (exact) mass is 226 g/mol. The van der Waals surface area contributed by atoms with Gasteiger partial charge >= 0.3 is 0 Å². The highest BCUT2D eigenvalue weighted by Gasteiger charge is 2.30. The first kappa shape index (κ1) is 10.5. The average Bonchev–Trinajstić information content (AvgIpc) is 2.51. The molecule has 1 aromatic rings. The lowest BCUT2D eigenvalue weighted by Crippen LogP contribution is -2.25. The summed E-state index contributed by atoms with van der Waals surface area (Å²) < 4.78 is 25.8. The van der Waals surface area contributed by atoms with E-state index in [0.29, 0.717) is 0 Å². The summed E-state index contributed by atoms with van der Waals surface area (Å²) in [5.74, 6) is -2.91. The van der Waals surface area contributed by atoms with Crippen LogP contribution in [-0.2, 0) is 9.59 Å². The highest BCUT2D eigenvalue weighted by atomic mass is 19.2. The molecule has 0 bridgehead atoms. The normalized spacial score (nSPS) is 16.0. The van der Waals surface area contributed by atoms with Crippen molar-refractivity contribution in [2.45, 2.75) is 6.42 Å². The second-order valence-electron chi connectivity index (χ2n) is 3.52. The number of nitrogens with two attached hydrogens (primary N) is 1. The Hall–Kier alpha value is -1.98. The smallest absolute Gasteiger partial charge is 0.234 e. The Morgan fingerprint density at radius 1 is 1.19 bits per heavy atom. The maximum Gasteiger partial charge on any atom is 0.234 e. The molecular formula is C10H8F2N2O2. The van der Waals surface area contributed by atoms with E-state index < -0.39 is 17.5 Å². The molecule has 6 heteroatoms. The molecule has 1 heterocycles. The molecule has 1 aromatic carbocycles. The molecule has 0 atom stereocenters. The minimum Gasteiger partial charge on any atom is -0.397 e. The minimum atomic E-state index is -1.10. The topological polar surface area (TPSA) is 63.4 Å². The number of hydrogen-bond acceptors (Lipinski definition) is 3. The number of carbonyl (C=O) groups is 2. The summed E-state index contributed by atoms with van der Waals surface area (Å²) in [7, 11) is 0. The largest absolute Gasteiger partial charge is 0.397 e. The molecule has 1 aliphatic rings. The molecule has 0 radical (unpaired) electrons. The molecule has 0 aromatic heterocycles. The molecule has 2 N–H and O–H groups in total. The Kier molecular flexibility index (Phi) is 2.34. The van der Waals surface area contributed by atoms with Gasteiger partial charge in [-0.2, -0.15) is 0 Å². The van der Waals surface area contributed by atoms with Crippen LogP contribution < -0.4 is 10.6 Å². The van der Waals surface area contributed by atoms with Crippen molar-refractivity contribution in [2.75, 3.05) is 17.2 Å². The van der Waals surface area contributed by atoms with Gasteiger partial charge in [0.1, 0.15) is 0 Å². The molecule has 2 rings (SSSR count). The Morgan fingerprint density at radius 2 is 1.81 bits per heavy atom. The van der Waals surface area contributed by atoms with Crippen molar-refractivity contribution >= 4 is 23.1 Å². The van der Waals surface area contributed by atoms with E-state index in [-0.39, 0.29) is 30.1 Å².